The number of hydrogen-bond acceptors (Lipinski definition) is 5. The van der Waals surface area contributed by atoms with Crippen LogP contribution in [0.15, 0.2) is 48.5 Å². The third-order valence-electron chi connectivity index (χ3n) is 7.45. The lowest BCUT2D eigenvalue weighted by Crippen LogP contribution is -2.43. The first-order valence-electron chi connectivity index (χ1n) is 12.8. The van der Waals surface area contributed by atoms with Gasteiger partial charge in [-0.25, -0.2) is 5.06 Å². The van der Waals surface area contributed by atoms with Gasteiger partial charge in [0.25, 0.3) is 0 Å². The number of nitrogens with one attached hydrogen (secondary N) is 1. The zero-order valence-electron chi connectivity index (χ0n) is 20.9. The highest BCUT2D eigenvalue weighted by Gasteiger charge is 2.29. The number of hydrogen-bond donors (Lipinski definition) is 2. The molecule has 0 aromatic heterocycles. The molecule has 184 valence electrons. The summed E-state index contributed by atoms with van der Waals surface area (Å²) in [6, 6.07) is 17.0. The maximum absolute atomic E-state index is 12.7. The molecular weight excluding hydrogens is 424 g/mol. The predicted molar refractivity (Wildman–Crippen MR) is 139 cm³/mol. The van der Waals surface area contributed by atoms with Crippen molar-refractivity contribution in [3.63, 3.8) is 0 Å². The van der Waals surface area contributed by atoms with Crippen LogP contribution in [0.2, 0.25) is 0 Å². The molecule has 2 aromatic carbocycles. The van der Waals surface area contributed by atoms with Crippen molar-refractivity contribution in [2.24, 2.45) is 11.8 Å². The summed E-state index contributed by atoms with van der Waals surface area (Å²) in [6.07, 6.45) is 4.15. The number of amides is 1. The molecule has 0 aliphatic carbocycles. The van der Waals surface area contributed by atoms with E-state index in [4.69, 9.17) is 0 Å². The Bertz CT molecular complexity index is 912. The molecule has 0 unspecified atom stereocenters. The topological polar surface area (TPSA) is 59.0 Å². The Morgan fingerprint density at radius 2 is 1.50 bits per heavy atom. The van der Waals surface area contributed by atoms with Gasteiger partial charge in [0.05, 0.1) is 6.54 Å². The molecule has 2 aliphatic rings. The van der Waals surface area contributed by atoms with Crippen molar-refractivity contribution in [3.8, 4) is 0 Å². The molecule has 0 spiro atoms. The summed E-state index contributed by atoms with van der Waals surface area (Å²) in [7, 11) is 0. The fourth-order valence-electron chi connectivity index (χ4n) is 5.01. The van der Waals surface area contributed by atoms with Crippen LogP contribution in [0.4, 0.5) is 17.1 Å². The number of anilines is 3. The van der Waals surface area contributed by atoms with Crippen molar-refractivity contribution in [1.29, 1.82) is 0 Å². The molecule has 34 heavy (non-hydrogen) atoms. The second-order valence-electron chi connectivity index (χ2n) is 10.3. The van der Waals surface area contributed by atoms with Crippen LogP contribution in [0.5, 0.6) is 0 Å². The molecule has 0 bridgehead atoms. The van der Waals surface area contributed by atoms with Crippen molar-refractivity contribution in [2.75, 3.05) is 36.4 Å². The minimum Gasteiger partial charge on any atom is -0.372 e. The van der Waals surface area contributed by atoms with Crippen LogP contribution in [0.1, 0.15) is 52.0 Å². The molecule has 4 rings (SSSR count). The number of benzene rings is 2. The molecule has 0 atom stereocenters. The minimum atomic E-state index is -0.158. The van der Waals surface area contributed by atoms with Gasteiger partial charge in [0.2, 0.25) is 5.91 Å². The Balaban J connectivity index is 1.26. The molecule has 2 heterocycles. The number of rotatable bonds is 7. The molecule has 2 saturated heterocycles. The van der Waals surface area contributed by atoms with Crippen LogP contribution in [-0.2, 0) is 11.3 Å². The normalized spacial score (nSPS) is 18.3. The Hall–Kier alpha value is -2.57. The van der Waals surface area contributed by atoms with Crippen LogP contribution < -0.4 is 10.2 Å². The SMILES string of the molecule is CC1CCN(c2ccc(Nc3ccc(CN(O)C(=O)C4CCN(C(C)C)CC4)cc3)cc2)CC1. The van der Waals surface area contributed by atoms with E-state index in [-0.39, 0.29) is 18.4 Å². The molecule has 2 aromatic rings. The lowest BCUT2D eigenvalue weighted by molar-refractivity contribution is -0.174. The third kappa shape index (κ3) is 6.30. The maximum Gasteiger partial charge on any atom is 0.249 e. The van der Waals surface area contributed by atoms with Gasteiger partial charge in [-0.3, -0.25) is 10.0 Å². The zero-order valence-corrected chi connectivity index (χ0v) is 20.9. The predicted octanol–water partition coefficient (Wildman–Crippen LogP) is 5.50. The molecule has 2 fully saturated rings. The Labute approximate surface area is 204 Å². The van der Waals surface area contributed by atoms with Gasteiger partial charge in [0.15, 0.2) is 0 Å². The highest BCUT2D eigenvalue weighted by molar-refractivity contribution is 5.77. The van der Waals surface area contributed by atoms with E-state index in [0.717, 1.165) is 66.9 Å². The van der Waals surface area contributed by atoms with E-state index >= 15 is 0 Å². The number of hydroxylamine groups is 2. The van der Waals surface area contributed by atoms with Gasteiger partial charge >= 0.3 is 0 Å². The van der Waals surface area contributed by atoms with Gasteiger partial charge in [0, 0.05) is 42.1 Å². The fraction of sp³-hybridized carbons (Fsp3) is 0.536. The van der Waals surface area contributed by atoms with Crippen LogP contribution >= 0.6 is 0 Å². The third-order valence-corrected chi connectivity index (χ3v) is 7.45. The summed E-state index contributed by atoms with van der Waals surface area (Å²) >= 11 is 0. The average molecular weight is 465 g/mol. The first-order valence-corrected chi connectivity index (χ1v) is 12.8. The molecule has 2 N–H and O–H groups in total. The summed E-state index contributed by atoms with van der Waals surface area (Å²) < 4.78 is 0. The molecule has 1 amide bonds. The quantitative estimate of drug-likeness (QED) is 0.418. The number of carbonyl (C=O) groups excluding carboxylic acids is 1. The van der Waals surface area contributed by atoms with Gasteiger partial charge in [-0.2, -0.15) is 0 Å². The van der Waals surface area contributed by atoms with E-state index in [2.05, 4.69) is 60.2 Å². The molecule has 0 radical (unpaired) electrons. The van der Waals surface area contributed by atoms with E-state index in [9.17, 15) is 10.0 Å². The zero-order chi connectivity index (χ0) is 24.1. The number of likely N-dealkylation sites (tertiary alicyclic amines) is 1. The van der Waals surface area contributed by atoms with Crippen molar-refractivity contribution >= 4 is 23.0 Å². The summed E-state index contributed by atoms with van der Waals surface area (Å²) in [4.78, 5) is 17.5. The van der Waals surface area contributed by atoms with E-state index in [1.54, 1.807) is 0 Å². The maximum atomic E-state index is 12.7. The smallest absolute Gasteiger partial charge is 0.249 e. The summed E-state index contributed by atoms with van der Waals surface area (Å²) in [5, 5.41) is 14.7. The second-order valence-corrected chi connectivity index (χ2v) is 10.3. The summed E-state index contributed by atoms with van der Waals surface area (Å²) in [5.74, 6) is 0.588. The molecular formula is C28H40N4O2. The average Bonchev–Trinajstić information content (AvgIpc) is 2.86. The number of carbonyl (C=O) groups is 1. The van der Waals surface area contributed by atoms with Crippen molar-refractivity contribution < 1.29 is 10.0 Å². The Kier molecular flexibility index (Phi) is 8.11. The summed E-state index contributed by atoms with van der Waals surface area (Å²) in [6.45, 7) is 11.0. The lowest BCUT2D eigenvalue weighted by Gasteiger charge is -2.34. The van der Waals surface area contributed by atoms with E-state index in [1.807, 2.05) is 24.3 Å². The molecule has 6 heteroatoms. The first kappa shape index (κ1) is 24.6. The first-order chi connectivity index (χ1) is 16.4. The highest BCUT2D eigenvalue weighted by Crippen LogP contribution is 2.26. The van der Waals surface area contributed by atoms with Crippen molar-refractivity contribution in [1.82, 2.24) is 9.96 Å². The Morgan fingerprint density at radius 1 is 0.941 bits per heavy atom. The van der Waals surface area contributed by atoms with Gasteiger partial charge in [-0.05, 0) is 100 Å². The summed E-state index contributed by atoms with van der Waals surface area (Å²) in [5.41, 5.74) is 4.24. The van der Waals surface area contributed by atoms with Gasteiger partial charge in [0.1, 0.15) is 0 Å². The highest BCUT2D eigenvalue weighted by atomic mass is 16.5. The van der Waals surface area contributed by atoms with Gasteiger partial charge < -0.3 is 15.1 Å². The van der Waals surface area contributed by atoms with E-state index in [0.29, 0.717) is 6.04 Å². The van der Waals surface area contributed by atoms with E-state index < -0.39 is 0 Å². The monoisotopic (exact) mass is 464 g/mol. The largest absolute Gasteiger partial charge is 0.372 e. The van der Waals surface area contributed by atoms with Crippen LogP contribution in [0.3, 0.4) is 0 Å². The number of nitrogens with zero attached hydrogens (tertiary/aromatic N) is 3. The van der Waals surface area contributed by atoms with Crippen molar-refractivity contribution in [2.45, 2.75) is 59.0 Å². The molecule has 6 nitrogen and oxygen atoms in total. The number of piperidine rings is 2. The second kappa shape index (κ2) is 11.2. The van der Waals surface area contributed by atoms with Crippen LogP contribution in [0, 0.1) is 11.8 Å². The Morgan fingerprint density at radius 3 is 2.06 bits per heavy atom. The standard InChI is InChI=1S/C28H40N4O2/c1-21(2)30-18-14-24(15-19-30)28(33)32(34)20-23-4-6-25(7-5-23)29-26-8-10-27(11-9-26)31-16-12-22(3)13-17-31/h4-11,21-22,24,29,34H,12-20H2,1-3H3. The van der Waals surface area contributed by atoms with Crippen LogP contribution in [-0.4, -0.2) is 53.3 Å². The molecule has 0 saturated carbocycles. The molecule has 2 aliphatic heterocycles. The fourth-order valence-corrected chi connectivity index (χ4v) is 5.01. The lowest BCUT2D eigenvalue weighted by atomic mass is 9.95. The van der Waals surface area contributed by atoms with Gasteiger partial charge in [-0.15, -0.1) is 0 Å². The van der Waals surface area contributed by atoms with Crippen molar-refractivity contribution in [3.05, 3.63) is 54.1 Å². The van der Waals surface area contributed by atoms with Gasteiger partial charge in [-0.1, -0.05) is 19.1 Å². The van der Waals surface area contributed by atoms with E-state index in [1.165, 1.54) is 18.5 Å². The minimum absolute atomic E-state index is 0.0859. The van der Waals surface area contributed by atoms with Crippen LogP contribution in [0.25, 0.3) is 0 Å².